The highest BCUT2D eigenvalue weighted by molar-refractivity contribution is 5.96. The molecule has 2 aromatic rings. The Morgan fingerprint density at radius 1 is 1.12 bits per heavy atom. The third-order valence-corrected chi connectivity index (χ3v) is 3.48. The van der Waals surface area contributed by atoms with Gasteiger partial charge in [-0.05, 0) is 50.2 Å². The lowest BCUT2D eigenvalue weighted by molar-refractivity contribution is -0.384. The number of carbonyl (C=O) groups is 2. The topological polar surface area (TPSA) is 111 Å². The fourth-order valence-electron chi connectivity index (χ4n) is 2.12. The average molecular weight is 357 g/mol. The van der Waals surface area contributed by atoms with Crippen LogP contribution in [0, 0.1) is 10.1 Å². The van der Waals surface area contributed by atoms with Gasteiger partial charge in [-0.1, -0.05) is 0 Å². The summed E-state index contributed by atoms with van der Waals surface area (Å²) >= 11 is 0. The zero-order chi connectivity index (χ0) is 19.1. The molecule has 0 aliphatic carbocycles. The van der Waals surface area contributed by atoms with Crippen molar-refractivity contribution in [2.45, 2.75) is 20.0 Å². The molecule has 0 saturated carbocycles. The number of benzene rings is 2. The van der Waals surface area contributed by atoms with Crippen LogP contribution in [-0.2, 0) is 4.79 Å². The van der Waals surface area contributed by atoms with Crippen LogP contribution < -0.4 is 15.4 Å². The quantitative estimate of drug-likeness (QED) is 0.585. The highest BCUT2D eigenvalue weighted by atomic mass is 16.6. The van der Waals surface area contributed by atoms with Crippen LogP contribution in [0.15, 0.2) is 48.5 Å². The number of rotatable bonds is 7. The Labute approximate surface area is 150 Å². The van der Waals surface area contributed by atoms with Gasteiger partial charge in [0.25, 0.3) is 17.5 Å². The summed E-state index contributed by atoms with van der Waals surface area (Å²) in [4.78, 5) is 34.0. The molecule has 2 aromatic carbocycles. The Hall–Kier alpha value is -3.42. The van der Waals surface area contributed by atoms with Gasteiger partial charge < -0.3 is 15.4 Å². The minimum Gasteiger partial charge on any atom is -0.481 e. The highest BCUT2D eigenvalue weighted by Crippen LogP contribution is 2.19. The van der Waals surface area contributed by atoms with E-state index in [0.717, 1.165) is 0 Å². The van der Waals surface area contributed by atoms with E-state index in [0.29, 0.717) is 23.5 Å². The summed E-state index contributed by atoms with van der Waals surface area (Å²) in [5.41, 5.74) is 0.976. The first-order valence-corrected chi connectivity index (χ1v) is 8.01. The molecule has 0 spiro atoms. The van der Waals surface area contributed by atoms with Gasteiger partial charge in [0.1, 0.15) is 5.75 Å². The van der Waals surface area contributed by atoms with E-state index in [-0.39, 0.29) is 17.5 Å². The summed E-state index contributed by atoms with van der Waals surface area (Å²) in [6.07, 6.45) is -0.806. The first kappa shape index (κ1) is 18.9. The van der Waals surface area contributed by atoms with Crippen molar-refractivity contribution in [1.82, 2.24) is 5.32 Å². The van der Waals surface area contributed by atoms with Gasteiger partial charge in [-0.15, -0.1) is 0 Å². The smallest absolute Gasteiger partial charge is 0.269 e. The minimum absolute atomic E-state index is 0.0540. The molecule has 2 rings (SSSR count). The minimum atomic E-state index is -0.806. The summed E-state index contributed by atoms with van der Waals surface area (Å²) in [7, 11) is 0. The number of ether oxygens (including phenoxy) is 1. The van der Waals surface area contributed by atoms with E-state index >= 15 is 0 Å². The second kappa shape index (κ2) is 8.61. The standard InChI is InChI=1S/C18H19N3O5/c1-3-19-18(23)13-4-6-14(7-5-13)20-17(22)12(2)26-16-10-8-15(9-11-16)21(24)25/h4-12H,3H2,1-2H3,(H,19,23)(H,20,22). The number of nitro groups is 1. The van der Waals surface area contributed by atoms with Crippen LogP contribution in [0.1, 0.15) is 24.2 Å². The molecule has 2 amide bonds. The Kier molecular flexibility index (Phi) is 6.26. The number of hydrogen-bond acceptors (Lipinski definition) is 5. The van der Waals surface area contributed by atoms with E-state index in [1.54, 1.807) is 31.2 Å². The molecular weight excluding hydrogens is 338 g/mol. The van der Waals surface area contributed by atoms with Crippen LogP contribution in [-0.4, -0.2) is 29.4 Å². The van der Waals surface area contributed by atoms with Crippen molar-refractivity contribution in [3.05, 3.63) is 64.2 Å². The zero-order valence-electron chi connectivity index (χ0n) is 14.4. The molecule has 136 valence electrons. The molecule has 26 heavy (non-hydrogen) atoms. The number of nitro benzene ring substituents is 1. The summed E-state index contributed by atoms with van der Waals surface area (Å²) in [6.45, 7) is 3.94. The Bertz CT molecular complexity index is 787. The Morgan fingerprint density at radius 3 is 2.27 bits per heavy atom. The van der Waals surface area contributed by atoms with Crippen molar-refractivity contribution in [2.75, 3.05) is 11.9 Å². The van der Waals surface area contributed by atoms with Gasteiger partial charge in [0.05, 0.1) is 4.92 Å². The second-order valence-corrected chi connectivity index (χ2v) is 5.44. The third kappa shape index (κ3) is 5.04. The number of amides is 2. The van der Waals surface area contributed by atoms with Crippen LogP contribution in [0.5, 0.6) is 5.75 Å². The fourth-order valence-corrected chi connectivity index (χ4v) is 2.12. The lowest BCUT2D eigenvalue weighted by Crippen LogP contribution is -2.30. The van der Waals surface area contributed by atoms with Crippen molar-refractivity contribution in [2.24, 2.45) is 0 Å². The zero-order valence-corrected chi connectivity index (χ0v) is 14.4. The molecule has 2 N–H and O–H groups in total. The highest BCUT2D eigenvalue weighted by Gasteiger charge is 2.16. The molecule has 0 bridgehead atoms. The van der Waals surface area contributed by atoms with E-state index < -0.39 is 11.0 Å². The number of hydrogen-bond donors (Lipinski definition) is 2. The van der Waals surface area contributed by atoms with Gasteiger partial charge in [-0.3, -0.25) is 19.7 Å². The van der Waals surface area contributed by atoms with Crippen LogP contribution in [0.4, 0.5) is 11.4 Å². The molecule has 0 heterocycles. The lowest BCUT2D eigenvalue weighted by atomic mass is 10.2. The third-order valence-electron chi connectivity index (χ3n) is 3.48. The van der Waals surface area contributed by atoms with Crippen molar-refractivity contribution < 1.29 is 19.2 Å². The molecular formula is C18H19N3O5. The predicted octanol–water partition coefficient (Wildman–Crippen LogP) is 2.75. The van der Waals surface area contributed by atoms with Crippen LogP contribution in [0.2, 0.25) is 0 Å². The molecule has 1 atom stereocenters. The first-order valence-electron chi connectivity index (χ1n) is 8.01. The van der Waals surface area contributed by atoms with Crippen molar-refractivity contribution >= 4 is 23.2 Å². The van der Waals surface area contributed by atoms with Crippen molar-refractivity contribution in [3.63, 3.8) is 0 Å². The van der Waals surface area contributed by atoms with E-state index in [2.05, 4.69) is 10.6 Å². The molecule has 0 aliphatic heterocycles. The van der Waals surface area contributed by atoms with Crippen molar-refractivity contribution in [3.8, 4) is 5.75 Å². The monoisotopic (exact) mass is 357 g/mol. The largest absolute Gasteiger partial charge is 0.481 e. The molecule has 8 nitrogen and oxygen atoms in total. The average Bonchev–Trinajstić information content (AvgIpc) is 2.63. The number of anilines is 1. The summed E-state index contributed by atoms with van der Waals surface area (Å²) < 4.78 is 5.48. The lowest BCUT2D eigenvalue weighted by Gasteiger charge is -2.15. The van der Waals surface area contributed by atoms with Gasteiger partial charge in [0.2, 0.25) is 0 Å². The maximum Gasteiger partial charge on any atom is 0.269 e. The maximum absolute atomic E-state index is 12.2. The van der Waals surface area contributed by atoms with E-state index in [9.17, 15) is 19.7 Å². The normalized spacial score (nSPS) is 11.3. The number of nitrogens with one attached hydrogen (secondary N) is 2. The molecule has 1 unspecified atom stereocenters. The van der Waals surface area contributed by atoms with E-state index in [4.69, 9.17) is 4.74 Å². The van der Waals surface area contributed by atoms with Gasteiger partial charge in [0.15, 0.2) is 6.10 Å². The predicted molar refractivity (Wildman–Crippen MR) is 96.3 cm³/mol. The fraction of sp³-hybridized carbons (Fsp3) is 0.222. The van der Waals surface area contributed by atoms with Gasteiger partial charge in [0, 0.05) is 29.9 Å². The Morgan fingerprint density at radius 2 is 1.73 bits per heavy atom. The summed E-state index contributed by atoms with van der Waals surface area (Å²) in [6, 6.07) is 12.0. The summed E-state index contributed by atoms with van der Waals surface area (Å²) in [5.74, 6) is -0.209. The second-order valence-electron chi connectivity index (χ2n) is 5.44. The molecule has 0 radical (unpaired) electrons. The molecule has 0 aliphatic rings. The van der Waals surface area contributed by atoms with Crippen LogP contribution in [0.3, 0.4) is 0 Å². The van der Waals surface area contributed by atoms with Crippen LogP contribution in [0.25, 0.3) is 0 Å². The maximum atomic E-state index is 12.2. The van der Waals surface area contributed by atoms with Gasteiger partial charge in [-0.2, -0.15) is 0 Å². The molecule has 0 saturated heterocycles. The number of carbonyl (C=O) groups excluding carboxylic acids is 2. The molecule has 8 heteroatoms. The van der Waals surface area contributed by atoms with Crippen molar-refractivity contribution in [1.29, 1.82) is 0 Å². The van der Waals surface area contributed by atoms with Gasteiger partial charge in [-0.25, -0.2) is 0 Å². The van der Waals surface area contributed by atoms with E-state index in [1.807, 2.05) is 6.92 Å². The number of nitrogens with zero attached hydrogens (tertiary/aromatic N) is 1. The van der Waals surface area contributed by atoms with Gasteiger partial charge >= 0.3 is 0 Å². The first-order chi connectivity index (χ1) is 12.4. The molecule has 0 aromatic heterocycles. The Balaban J connectivity index is 1.94. The van der Waals surface area contributed by atoms with Crippen LogP contribution >= 0.6 is 0 Å². The van der Waals surface area contributed by atoms with E-state index in [1.165, 1.54) is 24.3 Å². The number of non-ortho nitro benzene ring substituents is 1. The SMILES string of the molecule is CCNC(=O)c1ccc(NC(=O)C(C)Oc2ccc([N+](=O)[O-])cc2)cc1. The molecule has 0 fully saturated rings. The summed E-state index contributed by atoms with van der Waals surface area (Å²) in [5, 5.41) is 16.0.